The first-order valence-corrected chi connectivity index (χ1v) is 8.52. The lowest BCUT2D eigenvalue weighted by atomic mass is 10.1. The van der Waals surface area contributed by atoms with Gasteiger partial charge < -0.3 is 4.52 Å². The standard InChI is InChI=1S/C18H19N7O2/c1-11-5-6-19-13(7-11)15-22-14(27-23-15)9-24-10-20-16-12(17(24)26)8-21-25(16)18(2,3)4/h5-8,10H,9H2,1-4H3. The Bertz CT molecular complexity index is 1180. The molecule has 4 aromatic rings. The van der Waals surface area contributed by atoms with E-state index in [1.807, 2.05) is 39.8 Å². The summed E-state index contributed by atoms with van der Waals surface area (Å²) in [7, 11) is 0. The Morgan fingerprint density at radius 2 is 2.04 bits per heavy atom. The van der Waals surface area contributed by atoms with E-state index in [4.69, 9.17) is 4.52 Å². The molecule has 0 aromatic carbocycles. The van der Waals surface area contributed by atoms with Crippen molar-refractivity contribution in [3.05, 3.63) is 52.7 Å². The molecule has 0 aliphatic rings. The monoisotopic (exact) mass is 365 g/mol. The minimum Gasteiger partial charge on any atom is -0.337 e. The summed E-state index contributed by atoms with van der Waals surface area (Å²) in [6.07, 6.45) is 4.71. The van der Waals surface area contributed by atoms with Gasteiger partial charge >= 0.3 is 0 Å². The summed E-state index contributed by atoms with van der Waals surface area (Å²) in [5, 5.41) is 8.71. The highest BCUT2D eigenvalue weighted by atomic mass is 16.5. The number of aryl methyl sites for hydroxylation is 1. The summed E-state index contributed by atoms with van der Waals surface area (Å²) in [5.74, 6) is 0.691. The zero-order chi connectivity index (χ0) is 19.2. The minimum absolute atomic E-state index is 0.126. The lowest BCUT2D eigenvalue weighted by molar-refractivity contribution is 0.364. The van der Waals surface area contributed by atoms with Crippen LogP contribution in [0.25, 0.3) is 22.6 Å². The second-order valence-corrected chi connectivity index (χ2v) is 7.37. The molecular formula is C18H19N7O2. The van der Waals surface area contributed by atoms with Crippen LogP contribution in [0, 0.1) is 6.92 Å². The zero-order valence-electron chi connectivity index (χ0n) is 15.5. The molecule has 0 saturated carbocycles. The SMILES string of the molecule is Cc1ccnc(-c2noc(Cn3cnc4c(cnn4C(C)(C)C)c3=O)n2)c1. The molecule has 4 heterocycles. The van der Waals surface area contributed by atoms with Crippen molar-refractivity contribution in [1.29, 1.82) is 0 Å². The Kier molecular flexibility index (Phi) is 3.87. The highest BCUT2D eigenvalue weighted by Crippen LogP contribution is 2.18. The fourth-order valence-electron chi connectivity index (χ4n) is 2.78. The van der Waals surface area contributed by atoms with Gasteiger partial charge in [-0.25, -0.2) is 9.67 Å². The number of hydrogen-bond donors (Lipinski definition) is 0. The number of nitrogens with zero attached hydrogens (tertiary/aromatic N) is 7. The van der Waals surface area contributed by atoms with Gasteiger partial charge in [0.2, 0.25) is 11.7 Å². The zero-order valence-corrected chi connectivity index (χ0v) is 15.5. The molecule has 0 radical (unpaired) electrons. The number of hydrogen-bond acceptors (Lipinski definition) is 7. The van der Waals surface area contributed by atoms with E-state index in [9.17, 15) is 4.79 Å². The number of rotatable bonds is 3. The van der Waals surface area contributed by atoms with Crippen LogP contribution in [0.4, 0.5) is 0 Å². The summed E-state index contributed by atoms with van der Waals surface area (Å²) in [5.41, 5.74) is 1.75. The molecule has 0 amide bonds. The highest BCUT2D eigenvalue weighted by Gasteiger charge is 2.20. The first kappa shape index (κ1) is 17.1. The van der Waals surface area contributed by atoms with Crippen molar-refractivity contribution in [1.82, 2.24) is 34.5 Å². The first-order valence-electron chi connectivity index (χ1n) is 8.52. The van der Waals surface area contributed by atoms with Crippen LogP contribution in [0.5, 0.6) is 0 Å². The van der Waals surface area contributed by atoms with Gasteiger partial charge in [0.25, 0.3) is 5.56 Å². The quantitative estimate of drug-likeness (QED) is 0.548. The highest BCUT2D eigenvalue weighted by molar-refractivity contribution is 5.73. The molecule has 0 spiro atoms. The van der Waals surface area contributed by atoms with Crippen LogP contribution in [0.15, 0.2) is 40.2 Å². The van der Waals surface area contributed by atoms with Crippen LogP contribution in [0.1, 0.15) is 32.2 Å². The van der Waals surface area contributed by atoms with Gasteiger partial charge in [-0.05, 0) is 45.4 Å². The molecule has 0 atom stereocenters. The number of aromatic nitrogens is 7. The molecule has 0 aliphatic carbocycles. The third kappa shape index (κ3) is 3.12. The van der Waals surface area contributed by atoms with Crippen LogP contribution in [0.2, 0.25) is 0 Å². The maximum atomic E-state index is 12.8. The van der Waals surface area contributed by atoms with Crippen LogP contribution < -0.4 is 5.56 Å². The summed E-state index contributed by atoms with van der Waals surface area (Å²) >= 11 is 0. The number of fused-ring (bicyclic) bond motifs is 1. The summed E-state index contributed by atoms with van der Waals surface area (Å²) in [4.78, 5) is 25.7. The van der Waals surface area contributed by atoms with Crippen LogP contribution in [-0.4, -0.2) is 34.5 Å². The molecule has 0 unspecified atom stereocenters. The molecule has 9 heteroatoms. The van der Waals surface area contributed by atoms with Gasteiger partial charge in [-0.3, -0.25) is 14.3 Å². The minimum atomic E-state index is -0.268. The molecule has 0 N–H and O–H groups in total. The van der Waals surface area contributed by atoms with Crippen molar-refractivity contribution < 1.29 is 4.52 Å². The van der Waals surface area contributed by atoms with Gasteiger partial charge in [0.15, 0.2) is 5.65 Å². The maximum Gasteiger partial charge on any atom is 0.264 e. The maximum absolute atomic E-state index is 12.8. The molecular weight excluding hydrogens is 346 g/mol. The van der Waals surface area contributed by atoms with Gasteiger partial charge in [0.1, 0.15) is 24.0 Å². The summed E-state index contributed by atoms with van der Waals surface area (Å²) in [6.45, 7) is 8.11. The third-order valence-corrected chi connectivity index (χ3v) is 4.11. The molecule has 0 saturated heterocycles. The van der Waals surface area contributed by atoms with E-state index in [1.165, 1.54) is 10.9 Å². The molecule has 0 fully saturated rings. The second-order valence-electron chi connectivity index (χ2n) is 7.37. The molecule has 0 aliphatic heterocycles. The lowest BCUT2D eigenvalue weighted by Crippen LogP contribution is -2.25. The Balaban J connectivity index is 1.67. The van der Waals surface area contributed by atoms with Gasteiger partial charge in [-0.15, -0.1) is 0 Å². The lowest BCUT2D eigenvalue weighted by Gasteiger charge is -2.19. The van der Waals surface area contributed by atoms with E-state index in [1.54, 1.807) is 17.1 Å². The summed E-state index contributed by atoms with van der Waals surface area (Å²) < 4.78 is 8.45. The predicted molar refractivity (Wildman–Crippen MR) is 98.2 cm³/mol. The second kappa shape index (κ2) is 6.11. The van der Waals surface area contributed by atoms with Crippen LogP contribution >= 0.6 is 0 Å². The van der Waals surface area contributed by atoms with Gasteiger partial charge in [0.05, 0.1) is 11.7 Å². The van der Waals surface area contributed by atoms with E-state index >= 15 is 0 Å². The van der Waals surface area contributed by atoms with E-state index in [0.29, 0.717) is 28.4 Å². The predicted octanol–water partition coefficient (Wildman–Crippen LogP) is 2.15. The normalized spacial score (nSPS) is 12.0. The Morgan fingerprint density at radius 1 is 1.22 bits per heavy atom. The van der Waals surface area contributed by atoms with E-state index in [2.05, 4.69) is 25.2 Å². The third-order valence-electron chi connectivity index (χ3n) is 4.11. The van der Waals surface area contributed by atoms with E-state index in [0.717, 1.165) is 5.56 Å². The fraction of sp³-hybridized carbons (Fsp3) is 0.333. The van der Waals surface area contributed by atoms with E-state index < -0.39 is 0 Å². The Morgan fingerprint density at radius 3 is 2.78 bits per heavy atom. The molecule has 0 bridgehead atoms. The largest absolute Gasteiger partial charge is 0.337 e. The van der Waals surface area contributed by atoms with Crippen molar-refractivity contribution in [3.63, 3.8) is 0 Å². The van der Waals surface area contributed by atoms with Crippen molar-refractivity contribution in [2.24, 2.45) is 0 Å². The topological polar surface area (TPSA) is 105 Å². The molecule has 4 aromatic heterocycles. The Hall–Kier alpha value is -3.36. The van der Waals surface area contributed by atoms with Gasteiger partial charge in [0, 0.05) is 6.20 Å². The number of pyridine rings is 1. The molecule has 9 nitrogen and oxygen atoms in total. The van der Waals surface area contributed by atoms with Gasteiger partial charge in [-0.2, -0.15) is 10.1 Å². The smallest absolute Gasteiger partial charge is 0.264 e. The van der Waals surface area contributed by atoms with Crippen molar-refractivity contribution >= 4 is 11.0 Å². The van der Waals surface area contributed by atoms with Crippen molar-refractivity contribution in [3.8, 4) is 11.5 Å². The van der Waals surface area contributed by atoms with Crippen molar-refractivity contribution in [2.45, 2.75) is 39.8 Å². The fourth-order valence-corrected chi connectivity index (χ4v) is 2.78. The van der Waals surface area contributed by atoms with Crippen molar-refractivity contribution in [2.75, 3.05) is 0 Å². The summed E-state index contributed by atoms with van der Waals surface area (Å²) in [6, 6.07) is 3.76. The van der Waals surface area contributed by atoms with E-state index in [-0.39, 0.29) is 17.6 Å². The molecule has 4 rings (SSSR count). The van der Waals surface area contributed by atoms with Crippen LogP contribution in [-0.2, 0) is 12.1 Å². The Labute approximate surface area is 154 Å². The molecule has 27 heavy (non-hydrogen) atoms. The van der Waals surface area contributed by atoms with Gasteiger partial charge in [-0.1, -0.05) is 5.16 Å². The first-order chi connectivity index (χ1) is 12.8. The molecule has 138 valence electrons. The average Bonchev–Trinajstić information content (AvgIpc) is 3.24. The van der Waals surface area contributed by atoms with Crippen LogP contribution in [0.3, 0.4) is 0 Å². The average molecular weight is 365 g/mol.